The molecule has 0 atom stereocenters. The fraction of sp³-hybridized carbons (Fsp3) is 0.571. The van der Waals surface area contributed by atoms with Gasteiger partial charge in [0.1, 0.15) is 6.67 Å². The van der Waals surface area contributed by atoms with Gasteiger partial charge in [0.2, 0.25) is 0 Å². The number of nitrogens with zero attached hydrogens (tertiary/aromatic N) is 2. The smallest absolute Gasteiger partial charge is 0.390 e. The lowest BCUT2D eigenvalue weighted by molar-refractivity contribution is -0.141. The summed E-state index contributed by atoms with van der Waals surface area (Å²) >= 11 is 0. The van der Waals surface area contributed by atoms with Gasteiger partial charge in [-0.2, -0.15) is 18.3 Å². The molecular weight excluding hydrogens is 204 g/mol. The molecule has 0 aromatic carbocycles. The van der Waals surface area contributed by atoms with Crippen LogP contribution in [-0.2, 0) is 19.3 Å². The second-order valence-electron chi connectivity index (χ2n) is 2.59. The van der Waals surface area contributed by atoms with E-state index in [9.17, 15) is 17.6 Å². The minimum Gasteiger partial charge on any atom is -0.390 e. The SMILES string of the molecule is OCc1cc(C(F)(F)F)nn1CCF. The average molecular weight is 212 g/mol. The minimum atomic E-state index is -4.56. The zero-order valence-corrected chi connectivity index (χ0v) is 7.05. The maximum Gasteiger partial charge on any atom is 0.435 e. The number of aliphatic hydroxyl groups excluding tert-OH is 1. The van der Waals surface area contributed by atoms with Crippen LogP contribution in [0.5, 0.6) is 0 Å². The van der Waals surface area contributed by atoms with Gasteiger partial charge in [-0.15, -0.1) is 0 Å². The number of rotatable bonds is 3. The standard InChI is InChI=1S/C7H8F4N2O/c8-1-2-13-5(4-14)3-6(12-13)7(9,10)11/h3,14H,1-2,4H2. The highest BCUT2D eigenvalue weighted by Gasteiger charge is 2.34. The molecule has 0 spiro atoms. The molecule has 0 amide bonds. The lowest BCUT2D eigenvalue weighted by Gasteiger charge is -2.01. The van der Waals surface area contributed by atoms with E-state index in [4.69, 9.17) is 5.11 Å². The Morgan fingerprint density at radius 1 is 1.43 bits per heavy atom. The zero-order valence-electron chi connectivity index (χ0n) is 7.05. The Kier molecular flexibility index (Phi) is 3.10. The number of alkyl halides is 4. The number of aryl methyl sites for hydroxylation is 1. The Morgan fingerprint density at radius 3 is 2.50 bits per heavy atom. The van der Waals surface area contributed by atoms with E-state index in [0.717, 1.165) is 4.68 Å². The Balaban J connectivity index is 3.00. The second-order valence-corrected chi connectivity index (χ2v) is 2.59. The van der Waals surface area contributed by atoms with Crippen LogP contribution in [0, 0.1) is 0 Å². The van der Waals surface area contributed by atoms with Crippen molar-refractivity contribution in [3.63, 3.8) is 0 Å². The molecule has 0 bridgehead atoms. The van der Waals surface area contributed by atoms with Crippen LogP contribution in [0.4, 0.5) is 17.6 Å². The lowest BCUT2D eigenvalue weighted by Crippen LogP contribution is -2.09. The fourth-order valence-corrected chi connectivity index (χ4v) is 0.995. The molecule has 0 unspecified atom stereocenters. The summed E-state index contributed by atoms with van der Waals surface area (Å²) in [5.74, 6) is 0. The summed E-state index contributed by atoms with van der Waals surface area (Å²) in [6.45, 7) is -1.71. The third-order valence-corrected chi connectivity index (χ3v) is 1.61. The maximum absolute atomic E-state index is 12.1. The highest BCUT2D eigenvalue weighted by atomic mass is 19.4. The van der Waals surface area contributed by atoms with Crippen LogP contribution in [-0.4, -0.2) is 21.6 Å². The van der Waals surface area contributed by atoms with E-state index in [2.05, 4.69) is 5.10 Å². The highest BCUT2D eigenvalue weighted by Crippen LogP contribution is 2.28. The number of hydrogen-bond acceptors (Lipinski definition) is 2. The number of halogens is 4. The third kappa shape index (κ3) is 2.22. The van der Waals surface area contributed by atoms with Gasteiger partial charge in [-0.25, -0.2) is 4.39 Å². The quantitative estimate of drug-likeness (QED) is 0.768. The molecule has 0 saturated heterocycles. The first-order chi connectivity index (χ1) is 6.49. The van der Waals surface area contributed by atoms with Crippen LogP contribution >= 0.6 is 0 Å². The van der Waals surface area contributed by atoms with E-state index in [0.29, 0.717) is 6.07 Å². The molecule has 80 valence electrons. The second kappa shape index (κ2) is 3.95. The van der Waals surface area contributed by atoms with Crippen LogP contribution < -0.4 is 0 Å². The summed E-state index contributed by atoms with van der Waals surface area (Å²) < 4.78 is 49.0. The molecule has 1 N–H and O–H groups in total. The molecule has 0 radical (unpaired) electrons. The van der Waals surface area contributed by atoms with Crippen molar-refractivity contribution in [1.82, 2.24) is 9.78 Å². The van der Waals surface area contributed by atoms with Crippen LogP contribution in [0.1, 0.15) is 11.4 Å². The molecule has 7 heteroatoms. The fourth-order valence-electron chi connectivity index (χ4n) is 0.995. The van der Waals surface area contributed by atoms with E-state index in [1.165, 1.54) is 0 Å². The van der Waals surface area contributed by atoms with Crippen molar-refractivity contribution in [1.29, 1.82) is 0 Å². The first-order valence-electron chi connectivity index (χ1n) is 3.79. The molecule has 0 fully saturated rings. The number of aliphatic hydroxyl groups is 1. The summed E-state index contributed by atoms with van der Waals surface area (Å²) in [6.07, 6.45) is -4.56. The van der Waals surface area contributed by atoms with Gasteiger partial charge in [-0.1, -0.05) is 0 Å². The van der Waals surface area contributed by atoms with Crippen LogP contribution in [0.15, 0.2) is 6.07 Å². The molecule has 0 saturated carbocycles. The molecule has 0 aliphatic rings. The van der Waals surface area contributed by atoms with Gasteiger partial charge in [0, 0.05) is 0 Å². The van der Waals surface area contributed by atoms with Crippen molar-refractivity contribution in [2.45, 2.75) is 19.3 Å². The van der Waals surface area contributed by atoms with Crippen molar-refractivity contribution in [3.05, 3.63) is 17.5 Å². The Labute approximate surface area is 77.0 Å². The Morgan fingerprint density at radius 2 is 2.07 bits per heavy atom. The molecule has 14 heavy (non-hydrogen) atoms. The summed E-state index contributed by atoms with van der Waals surface area (Å²) in [7, 11) is 0. The van der Waals surface area contributed by atoms with E-state index in [1.807, 2.05) is 0 Å². The summed E-state index contributed by atoms with van der Waals surface area (Å²) in [5.41, 5.74) is -1.16. The van der Waals surface area contributed by atoms with Gasteiger partial charge in [0.05, 0.1) is 18.8 Å². The van der Waals surface area contributed by atoms with Crippen molar-refractivity contribution < 1.29 is 22.7 Å². The monoisotopic (exact) mass is 212 g/mol. The Bertz CT molecular complexity index is 307. The van der Waals surface area contributed by atoms with E-state index >= 15 is 0 Å². The first kappa shape index (κ1) is 11.0. The maximum atomic E-state index is 12.1. The van der Waals surface area contributed by atoms with Crippen LogP contribution in [0.2, 0.25) is 0 Å². The van der Waals surface area contributed by atoms with E-state index in [1.54, 1.807) is 0 Å². The first-order valence-corrected chi connectivity index (χ1v) is 3.79. The van der Waals surface area contributed by atoms with Gasteiger partial charge in [-0.05, 0) is 6.07 Å². The predicted molar refractivity (Wildman–Crippen MR) is 39.1 cm³/mol. The molecule has 1 heterocycles. The number of aromatic nitrogens is 2. The molecule has 1 rings (SSSR count). The summed E-state index contributed by atoms with van der Waals surface area (Å²) in [4.78, 5) is 0. The molecular formula is C7H8F4N2O. The van der Waals surface area contributed by atoms with Crippen LogP contribution in [0.3, 0.4) is 0 Å². The van der Waals surface area contributed by atoms with Gasteiger partial charge < -0.3 is 5.11 Å². The van der Waals surface area contributed by atoms with Gasteiger partial charge in [-0.3, -0.25) is 4.68 Å². The lowest BCUT2D eigenvalue weighted by atomic mass is 10.3. The van der Waals surface area contributed by atoms with E-state index in [-0.39, 0.29) is 12.2 Å². The molecule has 1 aromatic rings. The molecule has 1 aromatic heterocycles. The topological polar surface area (TPSA) is 38.1 Å². The zero-order chi connectivity index (χ0) is 10.8. The van der Waals surface area contributed by atoms with Crippen molar-refractivity contribution in [3.8, 4) is 0 Å². The van der Waals surface area contributed by atoms with Crippen molar-refractivity contribution >= 4 is 0 Å². The number of hydrogen-bond donors (Lipinski definition) is 1. The highest BCUT2D eigenvalue weighted by molar-refractivity contribution is 5.12. The van der Waals surface area contributed by atoms with Crippen molar-refractivity contribution in [2.24, 2.45) is 0 Å². The minimum absolute atomic E-state index is 0.0463. The van der Waals surface area contributed by atoms with E-state index < -0.39 is 25.2 Å². The largest absolute Gasteiger partial charge is 0.435 e. The van der Waals surface area contributed by atoms with Gasteiger partial charge in [0.25, 0.3) is 0 Å². The third-order valence-electron chi connectivity index (χ3n) is 1.61. The van der Waals surface area contributed by atoms with Gasteiger partial charge in [0.15, 0.2) is 5.69 Å². The predicted octanol–water partition coefficient (Wildman–Crippen LogP) is 1.36. The Hall–Kier alpha value is -1.11. The molecule has 0 aliphatic carbocycles. The van der Waals surface area contributed by atoms with Crippen molar-refractivity contribution in [2.75, 3.05) is 6.67 Å². The van der Waals surface area contributed by atoms with Gasteiger partial charge >= 0.3 is 6.18 Å². The summed E-state index contributed by atoms with van der Waals surface area (Å²) in [5, 5.41) is 11.8. The summed E-state index contributed by atoms with van der Waals surface area (Å²) in [6, 6.07) is 0.704. The molecule has 0 aliphatic heterocycles. The normalized spacial score (nSPS) is 12.1. The van der Waals surface area contributed by atoms with Crippen LogP contribution in [0.25, 0.3) is 0 Å². The average Bonchev–Trinajstić information content (AvgIpc) is 2.47. The molecule has 3 nitrogen and oxygen atoms in total.